The predicted octanol–water partition coefficient (Wildman–Crippen LogP) is 1.82. The van der Waals surface area contributed by atoms with Crippen LogP contribution in [-0.4, -0.2) is 26.0 Å². The average Bonchev–Trinajstić information content (AvgIpc) is 2.30. The van der Waals surface area contributed by atoms with Crippen molar-refractivity contribution in [3.63, 3.8) is 0 Å². The summed E-state index contributed by atoms with van der Waals surface area (Å²) in [7, 11) is 3.95. The largest absolute Gasteiger partial charge is 0.378 e. The average molecular weight is 235 g/mol. The number of rotatable bonds is 5. The molecule has 4 nitrogen and oxygen atoms in total. The van der Waals surface area contributed by atoms with Crippen molar-refractivity contribution >= 4 is 17.3 Å². The van der Waals surface area contributed by atoms with E-state index in [2.05, 4.69) is 5.32 Å². The van der Waals surface area contributed by atoms with E-state index in [0.717, 1.165) is 17.8 Å². The fourth-order valence-corrected chi connectivity index (χ4v) is 1.52. The Kier molecular flexibility index (Phi) is 4.97. The first-order valence-corrected chi connectivity index (χ1v) is 5.88. The van der Waals surface area contributed by atoms with Crippen LogP contribution in [0.2, 0.25) is 0 Å². The van der Waals surface area contributed by atoms with Gasteiger partial charge in [0.05, 0.1) is 6.04 Å². The van der Waals surface area contributed by atoms with Gasteiger partial charge in [-0.1, -0.05) is 13.3 Å². The molecule has 17 heavy (non-hydrogen) atoms. The lowest BCUT2D eigenvalue weighted by atomic mass is 10.1. The second-order valence-electron chi connectivity index (χ2n) is 4.33. The van der Waals surface area contributed by atoms with E-state index in [9.17, 15) is 4.79 Å². The number of hydrogen-bond acceptors (Lipinski definition) is 3. The predicted molar refractivity (Wildman–Crippen MR) is 72.3 cm³/mol. The third kappa shape index (κ3) is 4.07. The third-order valence-electron chi connectivity index (χ3n) is 2.59. The molecule has 0 bridgehead atoms. The van der Waals surface area contributed by atoms with Gasteiger partial charge in [0.2, 0.25) is 5.91 Å². The summed E-state index contributed by atoms with van der Waals surface area (Å²) in [5.74, 6) is -0.121. The Hall–Kier alpha value is -1.55. The summed E-state index contributed by atoms with van der Waals surface area (Å²) >= 11 is 0. The summed E-state index contributed by atoms with van der Waals surface area (Å²) < 4.78 is 0. The molecule has 94 valence electrons. The van der Waals surface area contributed by atoms with E-state index in [1.807, 2.05) is 50.2 Å². The normalized spacial score (nSPS) is 12.0. The summed E-state index contributed by atoms with van der Waals surface area (Å²) in [6.45, 7) is 2.01. The molecule has 1 rings (SSSR count). The Bertz CT molecular complexity index is 359. The van der Waals surface area contributed by atoms with Crippen molar-refractivity contribution < 1.29 is 4.79 Å². The van der Waals surface area contributed by atoms with Crippen LogP contribution in [0.5, 0.6) is 0 Å². The molecule has 4 heteroatoms. The minimum atomic E-state index is -0.423. The van der Waals surface area contributed by atoms with Crippen molar-refractivity contribution in [1.82, 2.24) is 0 Å². The van der Waals surface area contributed by atoms with E-state index in [4.69, 9.17) is 5.73 Å². The van der Waals surface area contributed by atoms with E-state index in [-0.39, 0.29) is 5.91 Å². The molecule has 1 aromatic rings. The number of benzene rings is 1. The van der Waals surface area contributed by atoms with E-state index in [1.165, 1.54) is 0 Å². The molecule has 3 N–H and O–H groups in total. The lowest BCUT2D eigenvalue weighted by molar-refractivity contribution is -0.117. The summed E-state index contributed by atoms with van der Waals surface area (Å²) in [4.78, 5) is 13.7. The quantitative estimate of drug-likeness (QED) is 0.818. The fraction of sp³-hybridized carbons (Fsp3) is 0.462. The van der Waals surface area contributed by atoms with E-state index < -0.39 is 6.04 Å². The van der Waals surface area contributed by atoms with Crippen LogP contribution < -0.4 is 16.0 Å². The molecule has 0 aromatic heterocycles. The minimum absolute atomic E-state index is 0.121. The molecule has 1 atom stereocenters. The Labute approximate surface area is 103 Å². The number of carbonyl (C=O) groups is 1. The maximum atomic E-state index is 11.7. The number of anilines is 2. The highest BCUT2D eigenvalue weighted by atomic mass is 16.2. The summed E-state index contributed by atoms with van der Waals surface area (Å²) in [5.41, 5.74) is 7.62. The first-order valence-electron chi connectivity index (χ1n) is 5.88. The molecule has 0 aliphatic rings. The molecule has 0 aliphatic carbocycles. The van der Waals surface area contributed by atoms with Crippen molar-refractivity contribution in [1.29, 1.82) is 0 Å². The number of nitrogens with two attached hydrogens (primary N) is 1. The van der Waals surface area contributed by atoms with Crippen LogP contribution in [0, 0.1) is 0 Å². The molecule has 0 spiro atoms. The monoisotopic (exact) mass is 235 g/mol. The molecule has 1 amide bonds. The highest BCUT2D eigenvalue weighted by molar-refractivity contribution is 5.94. The fourth-order valence-electron chi connectivity index (χ4n) is 1.52. The highest BCUT2D eigenvalue weighted by Crippen LogP contribution is 2.15. The first kappa shape index (κ1) is 13.5. The maximum absolute atomic E-state index is 11.7. The van der Waals surface area contributed by atoms with Crippen LogP contribution in [-0.2, 0) is 4.79 Å². The smallest absolute Gasteiger partial charge is 0.241 e. The molecule has 0 fully saturated rings. The Balaban J connectivity index is 2.60. The zero-order chi connectivity index (χ0) is 12.8. The zero-order valence-corrected chi connectivity index (χ0v) is 10.7. The first-order chi connectivity index (χ1) is 8.04. The van der Waals surface area contributed by atoms with Gasteiger partial charge in [-0.15, -0.1) is 0 Å². The SMILES string of the molecule is CCCC(N)C(=O)Nc1ccc(N(C)C)cc1. The number of nitrogens with zero attached hydrogens (tertiary/aromatic N) is 1. The Morgan fingerprint density at radius 1 is 1.35 bits per heavy atom. The molecule has 0 heterocycles. The molecular weight excluding hydrogens is 214 g/mol. The lowest BCUT2D eigenvalue weighted by Crippen LogP contribution is -2.35. The zero-order valence-electron chi connectivity index (χ0n) is 10.7. The van der Waals surface area contributed by atoms with Gasteiger partial charge in [0, 0.05) is 25.5 Å². The summed E-state index contributed by atoms with van der Waals surface area (Å²) in [6, 6.07) is 7.26. The third-order valence-corrected chi connectivity index (χ3v) is 2.59. The topological polar surface area (TPSA) is 58.4 Å². The molecule has 1 aromatic carbocycles. The minimum Gasteiger partial charge on any atom is -0.378 e. The van der Waals surface area contributed by atoms with Gasteiger partial charge in [-0.05, 0) is 30.7 Å². The van der Waals surface area contributed by atoms with Crippen LogP contribution in [0.25, 0.3) is 0 Å². The second-order valence-corrected chi connectivity index (χ2v) is 4.33. The van der Waals surface area contributed by atoms with Crippen molar-refractivity contribution in [3.8, 4) is 0 Å². The number of hydrogen-bond donors (Lipinski definition) is 2. The van der Waals surface area contributed by atoms with Crippen LogP contribution in [0.4, 0.5) is 11.4 Å². The summed E-state index contributed by atoms with van der Waals surface area (Å²) in [6.07, 6.45) is 1.62. The van der Waals surface area contributed by atoms with Crippen LogP contribution in [0.3, 0.4) is 0 Å². The second kappa shape index (κ2) is 6.25. The molecule has 0 saturated heterocycles. The van der Waals surface area contributed by atoms with Gasteiger partial charge in [-0.25, -0.2) is 0 Å². The molecular formula is C13H21N3O. The van der Waals surface area contributed by atoms with Crippen molar-refractivity contribution in [2.45, 2.75) is 25.8 Å². The number of carbonyl (C=O) groups excluding carboxylic acids is 1. The van der Waals surface area contributed by atoms with Gasteiger partial charge in [-0.2, -0.15) is 0 Å². The molecule has 0 radical (unpaired) electrons. The van der Waals surface area contributed by atoms with E-state index >= 15 is 0 Å². The molecule has 1 unspecified atom stereocenters. The Morgan fingerprint density at radius 3 is 2.41 bits per heavy atom. The number of amides is 1. The van der Waals surface area contributed by atoms with Crippen LogP contribution in [0.15, 0.2) is 24.3 Å². The van der Waals surface area contributed by atoms with Gasteiger partial charge >= 0.3 is 0 Å². The van der Waals surface area contributed by atoms with Crippen molar-refractivity contribution in [3.05, 3.63) is 24.3 Å². The van der Waals surface area contributed by atoms with E-state index in [0.29, 0.717) is 6.42 Å². The van der Waals surface area contributed by atoms with Gasteiger partial charge in [0.15, 0.2) is 0 Å². The van der Waals surface area contributed by atoms with Gasteiger partial charge < -0.3 is 16.0 Å². The maximum Gasteiger partial charge on any atom is 0.241 e. The highest BCUT2D eigenvalue weighted by Gasteiger charge is 2.11. The Morgan fingerprint density at radius 2 is 1.94 bits per heavy atom. The molecule has 0 saturated carbocycles. The van der Waals surface area contributed by atoms with Gasteiger partial charge in [0.25, 0.3) is 0 Å². The number of nitrogens with one attached hydrogen (secondary N) is 1. The van der Waals surface area contributed by atoms with Crippen LogP contribution >= 0.6 is 0 Å². The summed E-state index contributed by atoms with van der Waals surface area (Å²) in [5, 5.41) is 2.81. The van der Waals surface area contributed by atoms with Gasteiger partial charge in [-0.3, -0.25) is 4.79 Å². The van der Waals surface area contributed by atoms with Crippen molar-refractivity contribution in [2.24, 2.45) is 5.73 Å². The van der Waals surface area contributed by atoms with E-state index in [1.54, 1.807) is 0 Å². The molecule has 0 aliphatic heterocycles. The van der Waals surface area contributed by atoms with Crippen molar-refractivity contribution in [2.75, 3.05) is 24.3 Å². The standard InChI is InChI=1S/C13H21N3O/c1-4-5-12(14)13(17)15-10-6-8-11(9-7-10)16(2)3/h6-9,12H,4-5,14H2,1-3H3,(H,15,17). The van der Waals surface area contributed by atoms with Crippen LogP contribution in [0.1, 0.15) is 19.8 Å². The van der Waals surface area contributed by atoms with Gasteiger partial charge in [0.1, 0.15) is 0 Å². The lowest BCUT2D eigenvalue weighted by Gasteiger charge is -2.14.